The first-order valence-corrected chi connectivity index (χ1v) is 3.62. The van der Waals surface area contributed by atoms with Crippen molar-refractivity contribution in [3.8, 4) is 0 Å². The minimum Gasteiger partial charge on any atom is -0.394 e. The van der Waals surface area contributed by atoms with Gasteiger partial charge in [-0.3, -0.25) is 5.32 Å². The summed E-state index contributed by atoms with van der Waals surface area (Å²) >= 11 is 0. The summed E-state index contributed by atoms with van der Waals surface area (Å²) in [5, 5.41) is 30.1. The highest BCUT2D eigenvalue weighted by molar-refractivity contribution is 5.05. The monoisotopic (exact) mass is 161 g/mol. The highest BCUT2D eigenvalue weighted by Crippen LogP contribution is 2.28. The van der Waals surface area contributed by atoms with Gasteiger partial charge in [0.2, 0.25) is 0 Å². The molecule has 3 unspecified atom stereocenters. The van der Waals surface area contributed by atoms with Crippen molar-refractivity contribution in [2.75, 3.05) is 6.61 Å². The molecule has 5 heteroatoms. The van der Waals surface area contributed by atoms with E-state index in [1.807, 2.05) is 0 Å². The maximum Gasteiger partial charge on any atom is 0.127 e. The van der Waals surface area contributed by atoms with Gasteiger partial charge in [-0.2, -0.15) is 0 Å². The molecule has 2 aliphatic heterocycles. The number of hydrogen-bond acceptors (Lipinski definition) is 5. The summed E-state index contributed by atoms with van der Waals surface area (Å²) in [7, 11) is 0. The molecule has 0 amide bonds. The van der Waals surface area contributed by atoms with Crippen molar-refractivity contribution < 1.29 is 20.1 Å². The Morgan fingerprint density at radius 1 is 1.27 bits per heavy atom. The molecular weight excluding hydrogens is 150 g/mol. The van der Waals surface area contributed by atoms with Crippen LogP contribution >= 0.6 is 0 Å². The predicted octanol–water partition coefficient (Wildman–Crippen LogP) is -2.60. The van der Waals surface area contributed by atoms with Gasteiger partial charge in [-0.15, -0.1) is 0 Å². The summed E-state index contributed by atoms with van der Waals surface area (Å²) in [6.07, 6.45) is -2.62. The summed E-state index contributed by atoms with van der Waals surface area (Å²) in [5.74, 6) is 0. The zero-order valence-electron chi connectivity index (χ0n) is 5.84. The molecule has 5 atom stereocenters. The third-order valence-electron chi connectivity index (χ3n) is 2.17. The lowest BCUT2D eigenvalue weighted by Gasteiger charge is -2.28. The molecule has 11 heavy (non-hydrogen) atoms. The standard InChI is InChI=1S/C6H11NO4/c8-1-2-4(9)5(10)3-6(7-3)11-2/h2-10H,1H2/t2?,3?,4-,5?,6-/m1/s1. The predicted molar refractivity (Wildman–Crippen MR) is 34.7 cm³/mol. The van der Waals surface area contributed by atoms with E-state index in [0.717, 1.165) is 0 Å². The third kappa shape index (κ3) is 1.05. The number of ether oxygens (including phenoxy) is 1. The molecule has 2 heterocycles. The lowest BCUT2D eigenvalue weighted by molar-refractivity contribution is -0.141. The van der Waals surface area contributed by atoms with Crippen molar-refractivity contribution in [2.45, 2.75) is 30.6 Å². The van der Waals surface area contributed by atoms with Crippen molar-refractivity contribution in [3.05, 3.63) is 0 Å². The van der Waals surface area contributed by atoms with Gasteiger partial charge in [-0.1, -0.05) is 0 Å². The number of aliphatic hydroxyl groups is 3. The normalized spacial score (nSPS) is 55.4. The molecule has 2 saturated heterocycles. The molecule has 4 N–H and O–H groups in total. The smallest absolute Gasteiger partial charge is 0.127 e. The molecule has 5 nitrogen and oxygen atoms in total. The van der Waals surface area contributed by atoms with E-state index < -0.39 is 18.3 Å². The first kappa shape index (κ1) is 7.45. The molecule has 2 rings (SSSR count). The van der Waals surface area contributed by atoms with Crippen LogP contribution in [0.4, 0.5) is 0 Å². The lowest BCUT2D eigenvalue weighted by atomic mass is 10.0. The molecule has 0 aromatic carbocycles. The number of nitrogens with one attached hydrogen (secondary N) is 1. The summed E-state index contributed by atoms with van der Waals surface area (Å²) in [5.41, 5.74) is 0. The highest BCUT2D eigenvalue weighted by Gasteiger charge is 2.53. The van der Waals surface area contributed by atoms with E-state index in [4.69, 9.17) is 9.84 Å². The molecule has 2 aliphatic rings. The van der Waals surface area contributed by atoms with Crippen LogP contribution in [-0.2, 0) is 4.74 Å². The van der Waals surface area contributed by atoms with Crippen molar-refractivity contribution >= 4 is 0 Å². The number of fused-ring (bicyclic) bond motifs is 1. The van der Waals surface area contributed by atoms with E-state index in [1.54, 1.807) is 0 Å². The van der Waals surface area contributed by atoms with Gasteiger partial charge in [0.15, 0.2) is 0 Å². The minimum absolute atomic E-state index is 0.146. The Hall–Kier alpha value is -0.200. The van der Waals surface area contributed by atoms with Gasteiger partial charge in [0.25, 0.3) is 0 Å². The van der Waals surface area contributed by atoms with Crippen LogP contribution in [-0.4, -0.2) is 52.5 Å². The van der Waals surface area contributed by atoms with Gasteiger partial charge in [-0.05, 0) is 0 Å². The highest BCUT2D eigenvalue weighted by atomic mass is 16.6. The van der Waals surface area contributed by atoms with Crippen LogP contribution in [0, 0.1) is 0 Å². The largest absolute Gasteiger partial charge is 0.394 e. The van der Waals surface area contributed by atoms with Gasteiger partial charge in [0.1, 0.15) is 24.5 Å². The number of aliphatic hydroxyl groups excluding tert-OH is 3. The van der Waals surface area contributed by atoms with E-state index in [-0.39, 0.29) is 18.9 Å². The summed E-state index contributed by atoms with van der Waals surface area (Å²) in [4.78, 5) is 0. The van der Waals surface area contributed by atoms with E-state index in [2.05, 4.69) is 5.32 Å². The van der Waals surface area contributed by atoms with Gasteiger partial charge in [-0.25, -0.2) is 0 Å². The van der Waals surface area contributed by atoms with Crippen molar-refractivity contribution in [3.63, 3.8) is 0 Å². The summed E-state index contributed by atoms with van der Waals surface area (Å²) in [6, 6.07) is -0.146. The van der Waals surface area contributed by atoms with Crippen LogP contribution in [0.1, 0.15) is 0 Å². The zero-order chi connectivity index (χ0) is 8.01. The molecular formula is C6H11NO4. The molecule has 0 aromatic heterocycles. The van der Waals surface area contributed by atoms with Gasteiger partial charge in [0.05, 0.1) is 12.6 Å². The maximum absolute atomic E-state index is 9.29. The molecule has 0 radical (unpaired) electrons. The Balaban J connectivity index is 2.03. The quantitative estimate of drug-likeness (QED) is 0.316. The van der Waals surface area contributed by atoms with Crippen LogP contribution < -0.4 is 5.32 Å². The fraction of sp³-hybridized carbons (Fsp3) is 1.00. The lowest BCUT2D eigenvalue weighted by Crippen LogP contribution is -2.48. The molecule has 0 aliphatic carbocycles. The molecule has 0 saturated carbocycles. The van der Waals surface area contributed by atoms with Crippen LogP contribution in [0.2, 0.25) is 0 Å². The van der Waals surface area contributed by atoms with Gasteiger partial charge < -0.3 is 20.1 Å². The van der Waals surface area contributed by atoms with E-state index >= 15 is 0 Å². The molecule has 64 valence electrons. The third-order valence-corrected chi connectivity index (χ3v) is 2.17. The van der Waals surface area contributed by atoms with Crippen LogP contribution in [0.15, 0.2) is 0 Å². The van der Waals surface area contributed by atoms with Crippen molar-refractivity contribution in [2.24, 2.45) is 0 Å². The Morgan fingerprint density at radius 3 is 2.64 bits per heavy atom. The molecule has 2 fully saturated rings. The topological polar surface area (TPSA) is 91.9 Å². The Bertz CT molecular complexity index is 165. The zero-order valence-corrected chi connectivity index (χ0v) is 5.84. The second kappa shape index (κ2) is 2.40. The van der Waals surface area contributed by atoms with Crippen LogP contribution in [0.3, 0.4) is 0 Å². The van der Waals surface area contributed by atoms with E-state index in [0.29, 0.717) is 0 Å². The molecule has 0 aromatic rings. The van der Waals surface area contributed by atoms with Gasteiger partial charge in [0, 0.05) is 0 Å². The first-order valence-electron chi connectivity index (χ1n) is 3.62. The van der Waals surface area contributed by atoms with Crippen LogP contribution in [0.25, 0.3) is 0 Å². The van der Waals surface area contributed by atoms with E-state index in [9.17, 15) is 10.2 Å². The maximum atomic E-state index is 9.29. The minimum atomic E-state index is -0.976. The summed E-state index contributed by atoms with van der Waals surface area (Å²) < 4.78 is 5.12. The number of rotatable bonds is 1. The fourth-order valence-corrected chi connectivity index (χ4v) is 1.39. The Morgan fingerprint density at radius 2 is 2.00 bits per heavy atom. The second-order valence-electron chi connectivity index (χ2n) is 2.95. The van der Waals surface area contributed by atoms with Gasteiger partial charge >= 0.3 is 0 Å². The van der Waals surface area contributed by atoms with Crippen molar-refractivity contribution in [1.29, 1.82) is 0 Å². The van der Waals surface area contributed by atoms with E-state index in [1.165, 1.54) is 0 Å². The SMILES string of the molecule is OCC1O[C@H]2NC2C(O)[C@@H]1O. The average Bonchev–Trinajstić information content (AvgIpc) is 2.75. The molecule has 0 bridgehead atoms. The molecule has 0 spiro atoms. The number of hydrogen-bond donors (Lipinski definition) is 4. The average molecular weight is 161 g/mol. The Kier molecular flexibility index (Phi) is 1.62. The summed E-state index contributed by atoms with van der Waals surface area (Å²) in [6.45, 7) is -0.261. The van der Waals surface area contributed by atoms with Crippen LogP contribution in [0.5, 0.6) is 0 Å². The van der Waals surface area contributed by atoms with Crippen molar-refractivity contribution in [1.82, 2.24) is 5.32 Å². The Labute approximate surface area is 63.6 Å². The fourth-order valence-electron chi connectivity index (χ4n) is 1.39. The first-order chi connectivity index (χ1) is 5.24. The second-order valence-corrected chi connectivity index (χ2v) is 2.95.